The third-order valence-electron chi connectivity index (χ3n) is 4.97. The molecule has 0 bridgehead atoms. The van der Waals surface area contributed by atoms with Crippen LogP contribution in [0.2, 0.25) is 0 Å². The number of aromatic nitrogens is 1. The smallest absolute Gasteiger partial charge is 0.404 e. The molecule has 3 rings (SSSR count). The minimum absolute atomic E-state index is 0.0315. The lowest BCUT2D eigenvalue weighted by molar-refractivity contribution is -0.160. The topological polar surface area (TPSA) is 203 Å². The van der Waals surface area contributed by atoms with Crippen LogP contribution < -0.4 is 16.4 Å². The van der Waals surface area contributed by atoms with E-state index in [1.54, 1.807) is 0 Å². The number of primary amides is 1. The van der Waals surface area contributed by atoms with E-state index in [0.717, 1.165) is 23.1 Å². The molecule has 184 valence electrons. The largest absolute Gasteiger partial charge is 0.481 e. The van der Waals surface area contributed by atoms with Gasteiger partial charge in [-0.05, 0) is 6.42 Å². The fourth-order valence-electron chi connectivity index (χ4n) is 3.23. The van der Waals surface area contributed by atoms with Crippen molar-refractivity contribution in [2.24, 2.45) is 16.3 Å². The Kier molecular flexibility index (Phi) is 7.93. The summed E-state index contributed by atoms with van der Waals surface area (Å²) in [6, 6.07) is -0.927. The minimum Gasteiger partial charge on any atom is -0.481 e. The number of carboxylic acid groups (broad SMARTS) is 1. The molecule has 3 atom stereocenters. The van der Waals surface area contributed by atoms with Crippen LogP contribution in [-0.4, -0.2) is 87.9 Å². The highest BCUT2D eigenvalue weighted by Gasteiger charge is 2.58. The SMILES string of the molecule is CCCON=C(C(=O)NC1C(=O)N2CC(COC(N)=O)(C(=O)O)CS[C@H]12)c1csc(NC=O)n1. The number of aliphatic carboxylic acids is 1. The Balaban J connectivity index is 1.71. The van der Waals surface area contributed by atoms with Gasteiger partial charge in [-0.2, -0.15) is 0 Å². The summed E-state index contributed by atoms with van der Waals surface area (Å²) in [5.41, 5.74) is 3.42. The third kappa shape index (κ3) is 5.22. The number of hydrogen-bond acceptors (Lipinski definition) is 11. The van der Waals surface area contributed by atoms with E-state index in [-0.39, 0.29) is 35.4 Å². The van der Waals surface area contributed by atoms with Gasteiger partial charge in [0.2, 0.25) is 12.3 Å². The van der Waals surface area contributed by atoms with Crippen molar-refractivity contribution in [1.82, 2.24) is 15.2 Å². The Morgan fingerprint density at radius 3 is 2.88 bits per heavy atom. The standard InChI is InChI=1S/C18H22N6O8S2/c1-2-3-32-23-10(9-4-33-17(21-9)20-8-25)12(26)22-11-13(27)24-5-18(15(28)29,6-31-16(19)30)7-34-14(11)24/h4,8,11,14H,2-3,5-7H2,1H3,(H2,19,30)(H,22,26)(H,28,29)(H,20,21,25)/t11?,14-,18?/m1/s1. The van der Waals surface area contributed by atoms with Crippen LogP contribution in [-0.2, 0) is 28.8 Å². The number of amides is 4. The number of thioether (sulfide) groups is 1. The van der Waals surface area contributed by atoms with Gasteiger partial charge in [0.15, 0.2) is 10.8 Å². The number of anilines is 1. The van der Waals surface area contributed by atoms with Crippen molar-refractivity contribution in [1.29, 1.82) is 0 Å². The number of nitrogens with zero attached hydrogens (tertiary/aromatic N) is 3. The summed E-state index contributed by atoms with van der Waals surface area (Å²) in [5.74, 6) is -2.41. The van der Waals surface area contributed by atoms with Crippen LogP contribution in [0.25, 0.3) is 0 Å². The summed E-state index contributed by atoms with van der Waals surface area (Å²) in [7, 11) is 0. The van der Waals surface area contributed by atoms with Gasteiger partial charge in [-0.15, -0.1) is 23.1 Å². The zero-order valence-electron chi connectivity index (χ0n) is 17.9. The van der Waals surface area contributed by atoms with Gasteiger partial charge in [-0.1, -0.05) is 12.1 Å². The van der Waals surface area contributed by atoms with Crippen molar-refractivity contribution < 1.29 is 38.7 Å². The number of fused-ring (bicyclic) bond motifs is 1. The lowest BCUT2D eigenvalue weighted by Gasteiger charge is -2.53. The van der Waals surface area contributed by atoms with Gasteiger partial charge >= 0.3 is 12.1 Å². The molecule has 34 heavy (non-hydrogen) atoms. The van der Waals surface area contributed by atoms with E-state index in [9.17, 15) is 29.1 Å². The highest BCUT2D eigenvalue weighted by Crippen LogP contribution is 2.42. The van der Waals surface area contributed by atoms with Crippen molar-refractivity contribution in [3.05, 3.63) is 11.1 Å². The molecule has 16 heteroatoms. The van der Waals surface area contributed by atoms with Crippen LogP contribution in [0.15, 0.2) is 10.5 Å². The number of carbonyl (C=O) groups is 5. The van der Waals surface area contributed by atoms with Crippen molar-refractivity contribution in [3.8, 4) is 0 Å². The number of thiazole rings is 1. The van der Waals surface area contributed by atoms with E-state index in [0.29, 0.717) is 12.8 Å². The molecule has 0 aromatic carbocycles. The zero-order chi connectivity index (χ0) is 24.9. The average molecular weight is 515 g/mol. The average Bonchev–Trinajstić information content (AvgIpc) is 3.26. The monoisotopic (exact) mass is 514 g/mol. The molecule has 4 amide bonds. The van der Waals surface area contributed by atoms with E-state index < -0.39 is 47.3 Å². The fraction of sp³-hybridized carbons (Fsp3) is 0.500. The third-order valence-corrected chi connectivity index (χ3v) is 7.33. The first-order valence-electron chi connectivity index (χ1n) is 9.97. The van der Waals surface area contributed by atoms with Crippen molar-refractivity contribution in [2.45, 2.75) is 24.8 Å². The molecule has 2 fully saturated rings. The maximum Gasteiger partial charge on any atom is 0.404 e. The molecule has 0 spiro atoms. The normalized spacial score (nSPS) is 23.9. The second kappa shape index (κ2) is 10.7. The number of β-lactam (4-membered cyclic amide) rings is 1. The van der Waals surface area contributed by atoms with Gasteiger partial charge in [0, 0.05) is 17.7 Å². The first-order valence-corrected chi connectivity index (χ1v) is 11.9. The number of oxime groups is 1. The first-order chi connectivity index (χ1) is 16.2. The van der Waals surface area contributed by atoms with Gasteiger partial charge in [0.1, 0.15) is 35.7 Å². The molecular weight excluding hydrogens is 492 g/mol. The van der Waals surface area contributed by atoms with Crippen LogP contribution in [0, 0.1) is 5.41 Å². The quantitative estimate of drug-likeness (QED) is 0.0971. The number of carbonyl (C=O) groups excluding carboxylic acids is 4. The second-order valence-corrected chi connectivity index (χ2v) is 9.35. The van der Waals surface area contributed by atoms with Gasteiger partial charge < -0.3 is 35.9 Å². The Labute approximate surface area is 201 Å². The van der Waals surface area contributed by atoms with Gasteiger partial charge in [-0.25, -0.2) is 9.78 Å². The molecule has 2 unspecified atom stereocenters. The Morgan fingerprint density at radius 1 is 1.47 bits per heavy atom. The molecule has 14 nitrogen and oxygen atoms in total. The van der Waals surface area contributed by atoms with E-state index >= 15 is 0 Å². The van der Waals surface area contributed by atoms with Crippen LogP contribution in [0.1, 0.15) is 19.0 Å². The Bertz CT molecular complexity index is 1020. The van der Waals surface area contributed by atoms with E-state index in [1.165, 1.54) is 10.3 Å². The summed E-state index contributed by atoms with van der Waals surface area (Å²) in [4.78, 5) is 69.6. The number of carboxylic acids is 1. The van der Waals surface area contributed by atoms with Gasteiger partial charge in [-0.3, -0.25) is 19.2 Å². The minimum atomic E-state index is -1.51. The Hall–Kier alpha value is -3.40. The van der Waals surface area contributed by atoms with Crippen molar-refractivity contribution in [3.63, 3.8) is 0 Å². The summed E-state index contributed by atoms with van der Waals surface area (Å²) in [6.07, 6.45) is -0.0216. The van der Waals surface area contributed by atoms with Crippen LogP contribution in [0.4, 0.5) is 9.93 Å². The maximum absolute atomic E-state index is 12.9. The molecule has 3 heterocycles. The molecular formula is C18H22N6O8S2. The molecule has 0 radical (unpaired) electrons. The van der Waals surface area contributed by atoms with E-state index in [1.807, 2.05) is 6.92 Å². The molecule has 0 aliphatic carbocycles. The summed E-state index contributed by atoms with van der Waals surface area (Å²) in [5, 5.41) is 19.7. The molecule has 2 aliphatic rings. The first kappa shape index (κ1) is 25.2. The number of nitrogens with two attached hydrogens (primary N) is 1. The molecule has 0 saturated carbocycles. The van der Waals surface area contributed by atoms with Crippen LogP contribution >= 0.6 is 23.1 Å². The highest BCUT2D eigenvalue weighted by atomic mass is 32.2. The van der Waals surface area contributed by atoms with E-state index in [2.05, 4.69) is 20.8 Å². The highest BCUT2D eigenvalue weighted by molar-refractivity contribution is 8.00. The number of ether oxygens (including phenoxy) is 1. The maximum atomic E-state index is 12.9. The Morgan fingerprint density at radius 2 is 2.24 bits per heavy atom. The van der Waals surface area contributed by atoms with E-state index in [4.69, 9.17) is 15.3 Å². The number of rotatable bonds is 11. The lowest BCUT2D eigenvalue weighted by atomic mass is 9.88. The lowest BCUT2D eigenvalue weighted by Crippen LogP contribution is -2.74. The van der Waals surface area contributed by atoms with Crippen molar-refractivity contribution in [2.75, 3.05) is 30.8 Å². The molecule has 1 aromatic rings. The molecule has 1 aromatic heterocycles. The number of hydrogen-bond donors (Lipinski definition) is 4. The zero-order valence-corrected chi connectivity index (χ0v) is 19.5. The van der Waals surface area contributed by atoms with Crippen LogP contribution in [0.3, 0.4) is 0 Å². The van der Waals surface area contributed by atoms with Gasteiger partial charge in [0.25, 0.3) is 5.91 Å². The summed E-state index contributed by atoms with van der Waals surface area (Å²) >= 11 is 2.21. The molecule has 2 aliphatic heterocycles. The second-order valence-electron chi connectivity index (χ2n) is 7.39. The fourth-order valence-corrected chi connectivity index (χ4v) is 5.41. The summed E-state index contributed by atoms with van der Waals surface area (Å²) in [6.45, 7) is 1.42. The van der Waals surface area contributed by atoms with Gasteiger partial charge in [0.05, 0.1) is 0 Å². The van der Waals surface area contributed by atoms with Crippen LogP contribution in [0.5, 0.6) is 0 Å². The van der Waals surface area contributed by atoms with Crippen molar-refractivity contribution >= 4 is 64.2 Å². The predicted octanol–water partition coefficient (Wildman–Crippen LogP) is -0.592. The number of nitrogens with one attached hydrogen (secondary N) is 2. The summed E-state index contributed by atoms with van der Waals surface area (Å²) < 4.78 is 4.70. The predicted molar refractivity (Wildman–Crippen MR) is 120 cm³/mol. The molecule has 5 N–H and O–H groups in total. The molecule has 2 saturated heterocycles.